The SMILES string of the molecule is CC(=O)O[C@@H]1[C@@H](OC(C)=O)[C@H](Oc2c(-c3ccc(O)cc3)oc3cc(O)cc(O)c3c2=O)O[C@H](COC(=O)C=Cc2ccc(O)cc2)[C@H]1OC(=O)C=Cc1ccc(O)cc1. The first-order valence-corrected chi connectivity index (χ1v) is 18.0. The summed E-state index contributed by atoms with van der Waals surface area (Å²) >= 11 is 0. The van der Waals surface area contributed by atoms with Crippen molar-refractivity contribution in [2.75, 3.05) is 6.61 Å². The smallest absolute Gasteiger partial charge is 0.331 e. The Hall–Kier alpha value is -7.79. The summed E-state index contributed by atoms with van der Waals surface area (Å²) in [6.45, 7) is 1.30. The zero-order valence-electron chi connectivity index (χ0n) is 31.6. The van der Waals surface area contributed by atoms with E-state index in [0.717, 1.165) is 38.1 Å². The molecule has 0 unspecified atom stereocenters. The topological polar surface area (TPSA) is 255 Å². The van der Waals surface area contributed by atoms with Gasteiger partial charge in [0.05, 0.1) is 0 Å². The number of carbonyl (C=O) groups excluding carboxylic acids is 4. The molecule has 60 heavy (non-hydrogen) atoms. The van der Waals surface area contributed by atoms with E-state index >= 15 is 0 Å². The van der Waals surface area contributed by atoms with Crippen LogP contribution in [0.1, 0.15) is 25.0 Å². The van der Waals surface area contributed by atoms with E-state index in [9.17, 15) is 49.5 Å². The predicted molar refractivity (Wildman–Crippen MR) is 208 cm³/mol. The Morgan fingerprint density at radius 3 is 1.75 bits per heavy atom. The lowest BCUT2D eigenvalue weighted by atomic mass is 9.98. The van der Waals surface area contributed by atoms with Gasteiger partial charge in [-0.15, -0.1) is 0 Å². The summed E-state index contributed by atoms with van der Waals surface area (Å²) in [5, 5.41) is 49.6. The van der Waals surface area contributed by atoms with Crippen LogP contribution in [-0.2, 0) is 42.9 Å². The molecule has 1 aliphatic rings. The number of esters is 4. The van der Waals surface area contributed by atoms with Crippen molar-refractivity contribution in [3.05, 3.63) is 118 Å². The summed E-state index contributed by atoms with van der Waals surface area (Å²) in [7, 11) is 0. The molecule has 17 nitrogen and oxygen atoms in total. The summed E-state index contributed by atoms with van der Waals surface area (Å²) < 4.78 is 40.7. The Morgan fingerprint density at radius 2 is 1.18 bits per heavy atom. The molecular formula is C43H36O17. The number of carbonyl (C=O) groups is 4. The van der Waals surface area contributed by atoms with E-state index in [1.807, 2.05) is 0 Å². The van der Waals surface area contributed by atoms with Gasteiger partial charge in [-0.2, -0.15) is 0 Å². The maximum Gasteiger partial charge on any atom is 0.331 e. The first-order valence-electron chi connectivity index (χ1n) is 18.0. The minimum Gasteiger partial charge on any atom is -0.508 e. The first kappa shape index (κ1) is 41.8. The molecule has 0 amide bonds. The van der Waals surface area contributed by atoms with Gasteiger partial charge in [-0.25, -0.2) is 9.59 Å². The van der Waals surface area contributed by atoms with Crippen LogP contribution in [-0.4, -0.2) is 86.7 Å². The fraction of sp³-hybridized carbons (Fsp3) is 0.186. The fourth-order valence-corrected chi connectivity index (χ4v) is 6.07. The van der Waals surface area contributed by atoms with Crippen molar-refractivity contribution >= 4 is 47.0 Å². The molecule has 1 aliphatic heterocycles. The van der Waals surface area contributed by atoms with E-state index in [-0.39, 0.29) is 34.2 Å². The molecule has 0 radical (unpaired) electrons. The number of ether oxygens (including phenoxy) is 6. The van der Waals surface area contributed by atoms with E-state index in [2.05, 4.69) is 0 Å². The van der Waals surface area contributed by atoms with Crippen LogP contribution < -0.4 is 10.2 Å². The third-order valence-electron chi connectivity index (χ3n) is 8.73. The van der Waals surface area contributed by atoms with Gasteiger partial charge >= 0.3 is 23.9 Å². The Kier molecular flexibility index (Phi) is 12.7. The van der Waals surface area contributed by atoms with Crippen molar-refractivity contribution in [3.63, 3.8) is 0 Å². The highest BCUT2D eigenvalue weighted by molar-refractivity contribution is 5.89. The van der Waals surface area contributed by atoms with Gasteiger partial charge in [0.1, 0.15) is 52.4 Å². The fourth-order valence-electron chi connectivity index (χ4n) is 6.07. The average Bonchev–Trinajstić information content (AvgIpc) is 3.19. The van der Waals surface area contributed by atoms with Crippen LogP contribution in [0, 0.1) is 0 Å². The Balaban J connectivity index is 1.42. The Morgan fingerprint density at radius 1 is 0.650 bits per heavy atom. The predicted octanol–water partition coefficient (Wildman–Crippen LogP) is 4.84. The summed E-state index contributed by atoms with van der Waals surface area (Å²) in [5.74, 6) is -6.15. The van der Waals surface area contributed by atoms with Crippen LogP contribution >= 0.6 is 0 Å². The number of fused-ring (bicyclic) bond motifs is 1. The molecular weight excluding hydrogens is 788 g/mol. The van der Waals surface area contributed by atoms with Gasteiger partial charge < -0.3 is 58.4 Å². The molecule has 0 saturated carbocycles. The first-order chi connectivity index (χ1) is 28.6. The molecule has 5 atom stereocenters. The lowest BCUT2D eigenvalue weighted by molar-refractivity contribution is -0.288. The van der Waals surface area contributed by atoms with Crippen LogP contribution in [0.25, 0.3) is 34.4 Å². The van der Waals surface area contributed by atoms with Crippen molar-refractivity contribution in [3.8, 4) is 45.8 Å². The lowest BCUT2D eigenvalue weighted by Gasteiger charge is -2.43. The molecule has 2 heterocycles. The van der Waals surface area contributed by atoms with Gasteiger partial charge in [-0.3, -0.25) is 14.4 Å². The minimum absolute atomic E-state index is 0.00147. The van der Waals surface area contributed by atoms with Crippen LogP contribution in [0.2, 0.25) is 0 Å². The van der Waals surface area contributed by atoms with Crippen molar-refractivity contribution in [2.45, 2.75) is 44.6 Å². The van der Waals surface area contributed by atoms with Crippen LogP contribution in [0.4, 0.5) is 0 Å². The number of hydrogen-bond acceptors (Lipinski definition) is 17. The van der Waals surface area contributed by atoms with Gasteiger partial charge in [-0.1, -0.05) is 24.3 Å². The lowest BCUT2D eigenvalue weighted by Crippen LogP contribution is -2.63. The molecule has 6 rings (SSSR count). The average molecular weight is 825 g/mol. The summed E-state index contributed by atoms with van der Waals surface area (Å²) in [6.07, 6.45) is -3.98. The number of hydrogen-bond donors (Lipinski definition) is 5. The molecule has 0 spiro atoms. The quantitative estimate of drug-likeness (QED) is 0.0641. The molecule has 1 saturated heterocycles. The second-order valence-corrected chi connectivity index (χ2v) is 13.2. The zero-order valence-corrected chi connectivity index (χ0v) is 31.6. The molecule has 5 aromatic rings. The molecule has 310 valence electrons. The summed E-state index contributed by atoms with van der Waals surface area (Å²) in [4.78, 5) is 65.8. The molecule has 1 fully saturated rings. The maximum atomic E-state index is 14.2. The van der Waals surface area contributed by atoms with Gasteiger partial charge in [-0.05, 0) is 71.8 Å². The summed E-state index contributed by atoms with van der Waals surface area (Å²) in [6, 6.07) is 18.9. The molecule has 0 aliphatic carbocycles. The van der Waals surface area contributed by atoms with Crippen molar-refractivity contribution in [1.29, 1.82) is 0 Å². The van der Waals surface area contributed by atoms with E-state index < -0.39 is 89.3 Å². The number of phenols is 5. The third kappa shape index (κ3) is 10.2. The van der Waals surface area contributed by atoms with Crippen LogP contribution in [0.3, 0.4) is 0 Å². The van der Waals surface area contributed by atoms with E-state index in [1.165, 1.54) is 84.9 Å². The van der Waals surface area contributed by atoms with E-state index in [0.29, 0.717) is 11.1 Å². The normalized spacial score (nSPS) is 18.9. The number of rotatable bonds is 12. The van der Waals surface area contributed by atoms with E-state index in [4.69, 9.17) is 32.8 Å². The van der Waals surface area contributed by atoms with Gasteiger partial charge in [0.2, 0.25) is 23.6 Å². The monoisotopic (exact) mass is 824 g/mol. The Bertz CT molecular complexity index is 2500. The standard InChI is InChI=1S/C43H36O17/c1-22(44)55-41-39(59-35(52)18-8-25-5-13-28(47)14-6-25)33(21-54-34(51)17-7-24-3-11-27(46)12-4-24)58-43(42(41)56-23(2)45)60-40-37(53)36-31(50)19-30(49)20-32(36)57-38(40)26-9-15-29(48)16-10-26/h3-20,33,39,41-43,46-50H,21H2,1-2H3/t33-,39-,41+,42-,43+/m1/s1. The minimum atomic E-state index is -1.94. The molecule has 0 bridgehead atoms. The molecule has 5 N–H and O–H groups in total. The highest BCUT2D eigenvalue weighted by Crippen LogP contribution is 2.38. The number of aromatic hydroxyl groups is 5. The third-order valence-corrected chi connectivity index (χ3v) is 8.73. The van der Waals surface area contributed by atoms with Crippen LogP contribution in [0.15, 0.2) is 106 Å². The van der Waals surface area contributed by atoms with Gasteiger partial charge in [0.15, 0.2) is 18.0 Å². The number of phenolic OH excluding ortho intramolecular Hbond substituents is 5. The van der Waals surface area contributed by atoms with Crippen molar-refractivity contribution in [1.82, 2.24) is 0 Å². The van der Waals surface area contributed by atoms with Crippen molar-refractivity contribution in [2.24, 2.45) is 0 Å². The Labute approximate surface area is 339 Å². The van der Waals surface area contributed by atoms with Crippen LogP contribution in [0.5, 0.6) is 34.5 Å². The maximum absolute atomic E-state index is 14.2. The van der Waals surface area contributed by atoms with Gasteiger partial charge in [0, 0.05) is 43.7 Å². The highest BCUT2D eigenvalue weighted by atomic mass is 16.7. The van der Waals surface area contributed by atoms with E-state index in [1.54, 1.807) is 0 Å². The van der Waals surface area contributed by atoms with Gasteiger partial charge in [0.25, 0.3) is 0 Å². The number of benzene rings is 4. The largest absolute Gasteiger partial charge is 0.508 e. The zero-order chi connectivity index (χ0) is 43.1. The molecule has 1 aromatic heterocycles. The van der Waals surface area contributed by atoms with Crippen molar-refractivity contribution < 1.29 is 77.5 Å². The summed E-state index contributed by atoms with van der Waals surface area (Å²) in [5.41, 5.74) is -0.138. The highest BCUT2D eigenvalue weighted by Gasteiger charge is 2.54. The second-order valence-electron chi connectivity index (χ2n) is 13.2. The molecule has 17 heteroatoms. The second kappa shape index (κ2) is 18.2. The molecule has 4 aromatic carbocycles.